The van der Waals surface area contributed by atoms with Gasteiger partial charge in [0.05, 0.1) is 0 Å². The first-order chi connectivity index (χ1) is 20.3. The zero-order valence-corrected chi connectivity index (χ0v) is 23.4. The van der Waals surface area contributed by atoms with Crippen molar-refractivity contribution in [1.29, 1.82) is 0 Å². The average Bonchev–Trinajstić information content (AvgIpc) is 3.32. The molecule has 0 radical (unpaired) electrons. The molecular weight excluding hydrogens is 494 g/mol. The molecule has 0 heterocycles. The molecule has 5 aliphatic carbocycles. The Balaban J connectivity index is 1.08. The van der Waals surface area contributed by atoms with Crippen molar-refractivity contribution in [2.24, 2.45) is 23.7 Å². The van der Waals surface area contributed by atoms with Crippen LogP contribution in [0.25, 0.3) is 33.4 Å². The summed E-state index contributed by atoms with van der Waals surface area (Å²) in [7, 11) is 0. The van der Waals surface area contributed by atoms with E-state index in [9.17, 15) is 0 Å². The zero-order valence-electron chi connectivity index (χ0n) is 23.4. The monoisotopic (exact) mass is 529 g/mol. The number of hydrogen-bond acceptors (Lipinski definition) is 1. The molecule has 0 saturated heterocycles. The minimum atomic E-state index is 0.213. The van der Waals surface area contributed by atoms with Gasteiger partial charge in [0.15, 0.2) is 0 Å². The lowest BCUT2D eigenvalue weighted by Gasteiger charge is -2.61. The Morgan fingerprint density at radius 1 is 0.488 bits per heavy atom. The highest BCUT2D eigenvalue weighted by atomic mass is 14.9. The second-order valence-electron chi connectivity index (χ2n) is 13.1. The topological polar surface area (TPSA) is 12.0 Å². The van der Waals surface area contributed by atoms with Crippen LogP contribution < -0.4 is 5.32 Å². The third kappa shape index (κ3) is 3.48. The SMILES string of the molecule is c1ccc(-c2cccc(-c3ccc(Nc4cccc5c4-c4ccccc4C54C5CC6CC(C5)CC4C6)cc3)c2)cc1. The molecule has 4 bridgehead atoms. The summed E-state index contributed by atoms with van der Waals surface area (Å²) >= 11 is 0. The molecule has 5 aromatic carbocycles. The van der Waals surface area contributed by atoms with Gasteiger partial charge in [0.2, 0.25) is 0 Å². The molecule has 5 aromatic rings. The summed E-state index contributed by atoms with van der Waals surface area (Å²) in [5.41, 5.74) is 13.7. The van der Waals surface area contributed by atoms with Crippen molar-refractivity contribution in [1.82, 2.24) is 0 Å². The van der Waals surface area contributed by atoms with Gasteiger partial charge in [-0.2, -0.15) is 0 Å². The minimum Gasteiger partial charge on any atom is -0.355 e. The van der Waals surface area contributed by atoms with Crippen molar-refractivity contribution in [3.8, 4) is 33.4 Å². The Morgan fingerprint density at radius 2 is 1.07 bits per heavy atom. The molecule has 1 heteroatoms. The Kier molecular flexibility index (Phi) is 5.15. The number of hydrogen-bond donors (Lipinski definition) is 1. The number of benzene rings is 5. The summed E-state index contributed by atoms with van der Waals surface area (Å²) in [5.74, 6) is 3.52. The van der Waals surface area contributed by atoms with Gasteiger partial charge in [-0.3, -0.25) is 0 Å². The van der Waals surface area contributed by atoms with Crippen LogP contribution in [0.3, 0.4) is 0 Å². The molecule has 1 nitrogen and oxygen atoms in total. The second kappa shape index (κ2) is 8.95. The maximum absolute atomic E-state index is 3.87. The lowest BCUT2D eigenvalue weighted by Crippen LogP contribution is -2.55. The highest BCUT2D eigenvalue weighted by molar-refractivity contribution is 5.92. The lowest BCUT2D eigenvalue weighted by atomic mass is 9.43. The van der Waals surface area contributed by atoms with Gasteiger partial charge in [0.1, 0.15) is 0 Å². The number of nitrogens with one attached hydrogen (secondary N) is 1. The van der Waals surface area contributed by atoms with E-state index in [0.29, 0.717) is 0 Å². The molecular formula is C40H35N. The fraction of sp³-hybridized carbons (Fsp3) is 0.250. The zero-order chi connectivity index (χ0) is 27.0. The van der Waals surface area contributed by atoms with Crippen LogP contribution in [0, 0.1) is 23.7 Å². The van der Waals surface area contributed by atoms with Gasteiger partial charge >= 0.3 is 0 Å². The van der Waals surface area contributed by atoms with E-state index in [1.807, 2.05) is 0 Å². The van der Waals surface area contributed by atoms with Gasteiger partial charge in [0, 0.05) is 22.4 Å². The van der Waals surface area contributed by atoms with Gasteiger partial charge in [-0.25, -0.2) is 0 Å². The maximum atomic E-state index is 3.87. The Bertz CT molecular complexity index is 1740. The first-order valence-electron chi connectivity index (χ1n) is 15.5. The van der Waals surface area contributed by atoms with E-state index in [-0.39, 0.29) is 5.41 Å². The van der Waals surface area contributed by atoms with Crippen LogP contribution >= 0.6 is 0 Å². The van der Waals surface area contributed by atoms with Crippen molar-refractivity contribution in [2.45, 2.75) is 37.5 Å². The van der Waals surface area contributed by atoms with Crippen LogP contribution in [0.1, 0.15) is 43.2 Å². The molecule has 0 aromatic heterocycles. The van der Waals surface area contributed by atoms with E-state index in [1.165, 1.54) is 71.2 Å². The van der Waals surface area contributed by atoms with Crippen LogP contribution in [0.4, 0.5) is 11.4 Å². The molecule has 0 unspecified atom stereocenters. The highest BCUT2D eigenvalue weighted by Crippen LogP contribution is 2.69. The number of fused-ring (bicyclic) bond motifs is 3. The predicted molar refractivity (Wildman–Crippen MR) is 170 cm³/mol. The number of rotatable bonds is 4. The Morgan fingerprint density at radius 3 is 1.80 bits per heavy atom. The van der Waals surface area contributed by atoms with Crippen LogP contribution in [0.5, 0.6) is 0 Å². The molecule has 10 rings (SSSR count). The molecule has 4 saturated carbocycles. The molecule has 4 fully saturated rings. The third-order valence-electron chi connectivity index (χ3n) is 11.0. The molecule has 0 amide bonds. The van der Waals surface area contributed by atoms with Crippen molar-refractivity contribution < 1.29 is 0 Å². The average molecular weight is 530 g/mol. The van der Waals surface area contributed by atoms with E-state index < -0.39 is 0 Å². The standard InChI is InChI=1S/C40H35N/c1-2-8-28(9-3-1)30-10-6-11-31(25-30)29-16-18-34(19-17-29)41-38-15-7-14-37-39(38)35-12-4-5-13-36(35)40(37)32-21-26-20-27(23-32)24-33(40)22-26/h1-19,25-27,32-33,41H,20-24H2. The summed E-state index contributed by atoms with van der Waals surface area (Å²) in [6, 6.07) is 44.9. The largest absolute Gasteiger partial charge is 0.355 e. The normalized spacial score (nSPS) is 26.6. The van der Waals surface area contributed by atoms with Gasteiger partial charge in [-0.05, 0) is 119 Å². The molecule has 41 heavy (non-hydrogen) atoms. The summed E-state index contributed by atoms with van der Waals surface area (Å²) in [4.78, 5) is 0. The molecule has 0 atom stereocenters. The van der Waals surface area contributed by atoms with E-state index in [4.69, 9.17) is 0 Å². The molecule has 1 N–H and O–H groups in total. The predicted octanol–water partition coefficient (Wildman–Crippen LogP) is 10.5. The van der Waals surface area contributed by atoms with Gasteiger partial charge in [-0.1, -0.05) is 97.1 Å². The molecule has 1 spiro atoms. The van der Waals surface area contributed by atoms with Crippen LogP contribution in [-0.4, -0.2) is 0 Å². The van der Waals surface area contributed by atoms with Crippen molar-refractivity contribution >= 4 is 11.4 Å². The van der Waals surface area contributed by atoms with E-state index in [0.717, 1.165) is 29.4 Å². The quantitative estimate of drug-likeness (QED) is 0.244. The summed E-state index contributed by atoms with van der Waals surface area (Å²) < 4.78 is 0. The van der Waals surface area contributed by atoms with Gasteiger partial charge in [-0.15, -0.1) is 0 Å². The van der Waals surface area contributed by atoms with E-state index in [2.05, 4.69) is 127 Å². The van der Waals surface area contributed by atoms with Gasteiger partial charge < -0.3 is 5.32 Å². The maximum Gasteiger partial charge on any atom is 0.0467 e. The minimum absolute atomic E-state index is 0.213. The summed E-state index contributed by atoms with van der Waals surface area (Å²) in [6.45, 7) is 0. The van der Waals surface area contributed by atoms with Crippen LogP contribution in [0.15, 0.2) is 121 Å². The summed E-state index contributed by atoms with van der Waals surface area (Å²) in [6.07, 6.45) is 7.18. The molecule has 200 valence electrons. The van der Waals surface area contributed by atoms with Crippen molar-refractivity contribution in [3.05, 3.63) is 132 Å². The first kappa shape index (κ1) is 23.6. The van der Waals surface area contributed by atoms with Crippen molar-refractivity contribution in [3.63, 3.8) is 0 Å². The van der Waals surface area contributed by atoms with E-state index in [1.54, 1.807) is 11.1 Å². The first-order valence-corrected chi connectivity index (χ1v) is 15.5. The Labute approximate surface area is 243 Å². The Hall–Kier alpha value is -4.10. The fourth-order valence-corrected chi connectivity index (χ4v) is 9.72. The highest BCUT2D eigenvalue weighted by Gasteiger charge is 2.61. The lowest BCUT2D eigenvalue weighted by molar-refractivity contribution is -0.0399. The molecule has 5 aliphatic rings. The third-order valence-corrected chi connectivity index (χ3v) is 11.0. The number of anilines is 2. The smallest absolute Gasteiger partial charge is 0.0467 e. The second-order valence-corrected chi connectivity index (χ2v) is 13.1. The van der Waals surface area contributed by atoms with Crippen LogP contribution in [-0.2, 0) is 5.41 Å². The molecule has 0 aliphatic heterocycles. The van der Waals surface area contributed by atoms with Crippen molar-refractivity contribution in [2.75, 3.05) is 5.32 Å². The van der Waals surface area contributed by atoms with Crippen LogP contribution in [0.2, 0.25) is 0 Å². The van der Waals surface area contributed by atoms with Gasteiger partial charge in [0.25, 0.3) is 0 Å². The summed E-state index contributed by atoms with van der Waals surface area (Å²) in [5, 5.41) is 3.87. The fourth-order valence-electron chi connectivity index (χ4n) is 9.72. The van der Waals surface area contributed by atoms with E-state index >= 15 is 0 Å².